The fourth-order valence-corrected chi connectivity index (χ4v) is 5.59. The number of nitrogens with one attached hydrogen (secondary N) is 1. The van der Waals surface area contributed by atoms with Gasteiger partial charge in [-0.3, -0.25) is 23.5 Å². The molecule has 58 heavy (non-hydrogen) atoms. The first-order valence-corrected chi connectivity index (χ1v) is 21.3. The summed E-state index contributed by atoms with van der Waals surface area (Å²) in [7, 11) is -8.92. The lowest BCUT2D eigenvalue weighted by Crippen LogP contribution is -2.32. The molecule has 0 spiro atoms. The van der Waals surface area contributed by atoms with E-state index in [4.69, 9.17) is 28.5 Å². The Hall–Kier alpha value is -5.09. The second-order valence-corrected chi connectivity index (χ2v) is 17.6. The van der Waals surface area contributed by atoms with Crippen LogP contribution in [0.4, 0.5) is 4.79 Å². The molecule has 1 aliphatic heterocycles. The van der Waals surface area contributed by atoms with Crippen molar-refractivity contribution < 1.29 is 78.4 Å². The molecule has 0 saturated carbocycles. The van der Waals surface area contributed by atoms with E-state index in [1.165, 1.54) is 0 Å². The van der Waals surface area contributed by atoms with Gasteiger partial charge in [-0.25, -0.2) is 9.59 Å². The van der Waals surface area contributed by atoms with Crippen molar-refractivity contribution in [3.05, 3.63) is 16.7 Å². The normalized spacial score (nSPS) is 13.1. The monoisotopic (exact) mass is 858 g/mol. The molecule has 0 atom stereocenters. The summed E-state index contributed by atoms with van der Waals surface area (Å²) in [6.45, 7) is 10.3. The van der Waals surface area contributed by atoms with Gasteiger partial charge in [0.2, 0.25) is 0 Å². The molecule has 1 aliphatic rings. The Bertz CT molecular complexity index is 2030. The first kappa shape index (κ1) is 49.1. The lowest BCUT2D eigenvalue weighted by atomic mass is 9.99. The molecule has 1 aromatic carbocycles. The van der Waals surface area contributed by atoms with Crippen LogP contribution in [0.25, 0.3) is 0 Å². The lowest BCUT2D eigenvalue weighted by molar-refractivity contribution is -0.172. The molecule has 2 rings (SSSR count). The molecule has 0 aromatic heterocycles. The minimum absolute atomic E-state index is 0.0936. The highest BCUT2D eigenvalue weighted by Crippen LogP contribution is 2.44. The van der Waals surface area contributed by atoms with Crippen LogP contribution in [0.15, 0.2) is 0 Å². The Labute approximate surface area is 338 Å². The standard InChI is InChI=1S/C37H50N2O17S2/c1-8-20-51-32-25(14-9-10-16-29(42)54-36(2,3)4)31(52-21-12-23-57(45,46)47)26(15-11-19-38-35(44)55-37(5,6)7)33(53-22-13-24-58(48,49)50)30(32)34(43)56-39-27(40)17-18-28(39)41/h8,10,12-13,16-24H2,1-7H3,(H,38,44)(H,45,46,47)(H,48,49,50). The number of esters is 1. The molecule has 1 saturated heterocycles. The SMILES string of the molecule is CCCOc1c(C#CCCC(=O)OC(C)(C)C)c(OCCCS(=O)(=O)O)c(C#CCNC(=O)OC(C)(C)C)c(OCCCS(=O)(=O)O)c1C(=O)ON1C(=O)CCC1=O. The topological polar surface area (TPSA) is 265 Å². The van der Waals surface area contributed by atoms with E-state index in [1.54, 1.807) is 48.5 Å². The highest BCUT2D eigenvalue weighted by Gasteiger charge is 2.37. The van der Waals surface area contributed by atoms with Gasteiger partial charge in [-0.1, -0.05) is 30.6 Å². The summed E-state index contributed by atoms with van der Waals surface area (Å²) in [5.41, 5.74) is -2.77. The maximum atomic E-state index is 14.1. The van der Waals surface area contributed by atoms with Crippen LogP contribution >= 0.6 is 0 Å². The summed E-state index contributed by atoms with van der Waals surface area (Å²) >= 11 is 0. The van der Waals surface area contributed by atoms with Crippen molar-refractivity contribution >= 4 is 50.1 Å². The van der Waals surface area contributed by atoms with Gasteiger partial charge in [-0.2, -0.15) is 16.8 Å². The van der Waals surface area contributed by atoms with Crippen LogP contribution < -0.4 is 19.5 Å². The second kappa shape index (κ2) is 21.6. The highest BCUT2D eigenvalue weighted by molar-refractivity contribution is 7.86. The van der Waals surface area contributed by atoms with Crippen LogP contribution in [0.3, 0.4) is 0 Å². The molecule has 3 N–H and O–H groups in total. The number of hydroxylamine groups is 2. The van der Waals surface area contributed by atoms with E-state index in [9.17, 15) is 49.9 Å². The van der Waals surface area contributed by atoms with E-state index >= 15 is 0 Å². The van der Waals surface area contributed by atoms with Gasteiger partial charge in [0.15, 0.2) is 17.2 Å². The van der Waals surface area contributed by atoms with Crippen molar-refractivity contribution in [3.63, 3.8) is 0 Å². The smallest absolute Gasteiger partial charge is 0.408 e. The van der Waals surface area contributed by atoms with E-state index in [1.807, 2.05) is 0 Å². The molecule has 0 bridgehead atoms. The van der Waals surface area contributed by atoms with Crippen LogP contribution in [0.2, 0.25) is 0 Å². The first-order chi connectivity index (χ1) is 26.8. The molecule has 1 fully saturated rings. The average Bonchev–Trinajstić information content (AvgIpc) is 3.38. The number of nitrogens with zero attached hydrogens (tertiary/aromatic N) is 1. The van der Waals surface area contributed by atoms with Gasteiger partial charge >= 0.3 is 18.0 Å². The zero-order valence-corrected chi connectivity index (χ0v) is 35.1. The van der Waals surface area contributed by atoms with Gasteiger partial charge in [-0.05, 0) is 60.8 Å². The predicted octanol–water partition coefficient (Wildman–Crippen LogP) is 3.36. The minimum atomic E-state index is -4.48. The van der Waals surface area contributed by atoms with Gasteiger partial charge in [0.25, 0.3) is 32.1 Å². The Balaban J connectivity index is 3.01. The maximum Gasteiger partial charge on any atom is 0.408 e. The number of rotatable bonds is 18. The van der Waals surface area contributed by atoms with Crippen molar-refractivity contribution in [1.82, 2.24) is 10.4 Å². The zero-order valence-electron chi connectivity index (χ0n) is 33.5. The summed E-state index contributed by atoms with van der Waals surface area (Å²) in [6, 6.07) is 0. The fourth-order valence-electron chi connectivity index (χ4n) is 4.62. The number of hydrogen-bond donors (Lipinski definition) is 3. The fraction of sp³-hybridized carbons (Fsp3) is 0.595. The van der Waals surface area contributed by atoms with Crippen molar-refractivity contribution in [2.75, 3.05) is 37.9 Å². The minimum Gasteiger partial charge on any atom is -0.491 e. The number of benzene rings is 1. The van der Waals surface area contributed by atoms with Crippen molar-refractivity contribution in [1.29, 1.82) is 0 Å². The van der Waals surface area contributed by atoms with Crippen LogP contribution in [0.1, 0.15) is 115 Å². The number of ether oxygens (including phenoxy) is 5. The molecule has 0 aliphatic carbocycles. The third kappa shape index (κ3) is 18.0. The van der Waals surface area contributed by atoms with Gasteiger partial charge in [-0.15, -0.1) is 5.06 Å². The molecule has 1 aromatic rings. The predicted molar refractivity (Wildman–Crippen MR) is 205 cm³/mol. The first-order valence-electron chi connectivity index (χ1n) is 18.1. The van der Waals surface area contributed by atoms with Crippen LogP contribution in [0, 0.1) is 23.7 Å². The quantitative estimate of drug-likeness (QED) is 0.0628. The van der Waals surface area contributed by atoms with Crippen LogP contribution in [-0.2, 0) is 48.9 Å². The van der Waals surface area contributed by atoms with E-state index in [-0.39, 0.29) is 79.4 Å². The van der Waals surface area contributed by atoms with E-state index in [0.29, 0.717) is 6.42 Å². The summed E-state index contributed by atoms with van der Waals surface area (Å²) in [4.78, 5) is 69.3. The van der Waals surface area contributed by atoms with Gasteiger partial charge < -0.3 is 33.8 Å². The van der Waals surface area contributed by atoms with Crippen molar-refractivity contribution in [2.24, 2.45) is 0 Å². The van der Waals surface area contributed by atoms with Crippen LogP contribution in [-0.4, -0.2) is 110 Å². The molecule has 322 valence electrons. The number of hydrogen-bond acceptors (Lipinski definition) is 15. The molecule has 1 heterocycles. The molecule has 0 radical (unpaired) electrons. The Kier molecular flexibility index (Phi) is 18.3. The number of carbonyl (C=O) groups excluding carboxylic acids is 5. The average molecular weight is 859 g/mol. The summed E-state index contributed by atoms with van der Waals surface area (Å²) in [5.74, 6) is 4.67. The van der Waals surface area contributed by atoms with Gasteiger partial charge in [0, 0.05) is 19.3 Å². The van der Waals surface area contributed by atoms with Crippen LogP contribution in [0.5, 0.6) is 17.2 Å². The highest BCUT2D eigenvalue weighted by atomic mass is 32.2. The molecular weight excluding hydrogens is 809 g/mol. The number of carbonyl (C=O) groups is 5. The lowest BCUT2D eigenvalue weighted by Gasteiger charge is -2.23. The molecule has 21 heteroatoms. The number of imide groups is 1. The molecule has 0 unspecified atom stereocenters. The third-order valence-electron chi connectivity index (χ3n) is 6.80. The Morgan fingerprint density at radius 1 is 0.741 bits per heavy atom. The number of amides is 3. The maximum absolute atomic E-state index is 14.1. The third-order valence-corrected chi connectivity index (χ3v) is 8.41. The Morgan fingerprint density at radius 3 is 1.71 bits per heavy atom. The van der Waals surface area contributed by atoms with Gasteiger partial charge in [0.1, 0.15) is 27.9 Å². The van der Waals surface area contributed by atoms with E-state index in [2.05, 4.69) is 29.0 Å². The van der Waals surface area contributed by atoms with E-state index in [0.717, 1.165) is 0 Å². The summed E-state index contributed by atoms with van der Waals surface area (Å²) in [5, 5.41) is 2.69. The zero-order chi connectivity index (χ0) is 43.9. The summed E-state index contributed by atoms with van der Waals surface area (Å²) in [6.07, 6.45) is -1.90. The molecular formula is C37H50N2O17S2. The van der Waals surface area contributed by atoms with Crippen molar-refractivity contribution in [3.8, 4) is 40.9 Å². The van der Waals surface area contributed by atoms with Gasteiger partial charge in [0.05, 0.1) is 44.3 Å². The largest absolute Gasteiger partial charge is 0.491 e. The molecule has 3 amide bonds. The van der Waals surface area contributed by atoms with Crippen molar-refractivity contribution in [2.45, 2.75) is 105 Å². The second-order valence-electron chi connectivity index (χ2n) is 14.4. The Morgan fingerprint density at radius 2 is 1.22 bits per heavy atom. The summed E-state index contributed by atoms with van der Waals surface area (Å²) < 4.78 is 93.3. The molecule has 19 nitrogen and oxygen atoms in total. The van der Waals surface area contributed by atoms with E-state index < -0.39 is 97.3 Å². The number of alkyl carbamates (subject to hydrolysis) is 1.